The van der Waals surface area contributed by atoms with Gasteiger partial charge in [0.1, 0.15) is 5.75 Å². The van der Waals surface area contributed by atoms with Crippen molar-refractivity contribution in [2.75, 3.05) is 25.1 Å². The number of nitrogens with one attached hydrogen (secondary N) is 1. The van der Waals surface area contributed by atoms with Crippen molar-refractivity contribution in [2.24, 2.45) is 0 Å². The summed E-state index contributed by atoms with van der Waals surface area (Å²) in [6.07, 6.45) is 2.36. The first-order valence-corrected chi connectivity index (χ1v) is 7.38. The zero-order valence-corrected chi connectivity index (χ0v) is 12.2. The molecule has 5 heteroatoms. The third kappa shape index (κ3) is 3.35. The second-order valence-electron chi connectivity index (χ2n) is 5.04. The molecule has 1 amide bonds. The van der Waals surface area contributed by atoms with E-state index in [9.17, 15) is 4.79 Å². The van der Waals surface area contributed by atoms with Crippen LogP contribution >= 0.6 is 11.8 Å². The number of anilines is 1. The Morgan fingerprint density at radius 2 is 2.37 bits per heavy atom. The first kappa shape index (κ1) is 14.1. The minimum atomic E-state index is -0.134. The number of carbonyl (C=O) groups excluding carboxylic acids is 1. The van der Waals surface area contributed by atoms with Gasteiger partial charge in [0.2, 0.25) is 0 Å². The number of nitrogen functional groups attached to an aromatic ring is 1. The molecule has 0 radical (unpaired) electrons. The van der Waals surface area contributed by atoms with E-state index in [4.69, 9.17) is 10.5 Å². The van der Waals surface area contributed by atoms with E-state index in [1.54, 1.807) is 25.3 Å². The van der Waals surface area contributed by atoms with Crippen molar-refractivity contribution in [3.63, 3.8) is 0 Å². The van der Waals surface area contributed by atoms with Crippen LogP contribution in [-0.4, -0.2) is 30.1 Å². The molecule has 1 aromatic rings. The van der Waals surface area contributed by atoms with Crippen LogP contribution in [0.4, 0.5) is 5.69 Å². The number of thioether (sulfide) groups is 1. The number of hydrogen-bond acceptors (Lipinski definition) is 4. The number of benzene rings is 1. The molecule has 1 saturated heterocycles. The highest BCUT2D eigenvalue weighted by Crippen LogP contribution is 2.37. The van der Waals surface area contributed by atoms with Gasteiger partial charge in [-0.15, -0.1) is 0 Å². The molecule has 104 valence electrons. The predicted octanol–water partition coefficient (Wildman–Crippen LogP) is 2.29. The topological polar surface area (TPSA) is 64.3 Å². The van der Waals surface area contributed by atoms with Gasteiger partial charge in [0.05, 0.1) is 12.7 Å². The van der Waals surface area contributed by atoms with Gasteiger partial charge in [-0.2, -0.15) is 11.8 Å². The molecule has 1 fully saturated rings. The fourth-order valence-electron chi connectivity index (χ4n) is 2.20. The molecule has 1 unspecified atom stereocenters. The first-order valence-electron chi connectivity index (χ1n) is 6.40. The van der Waals surface area contributed by atoms with Gasteiger partial charge in [0.25, 0.3) is 5.91 Å². The predicted molar refractivity (Wildman–Crippen MR) is 79.8 cm³/mol. The quantitative estimate of drug-likeness (QED) is 0.831. The van der Waals surface area contributed by atoms with Gasteiger partial charge in [-0.3, -0.25) is 4.79 Å². The van der Waals surface area contributed by atoms with Crippen LogP contribution in [0, 0.1) is 0 Å². The van der Waals surface area contributed by atoms with Gasteiger partial charge >= 0.3 is 0 Å². The van der Waals surface area contributed by atoms with Gasteiger partial charge in [-0.1, -0.05) is 0 Å². The summed E-state index contributed by atoms with van der Waals surface area (Å²) in [5, 5.41) is 2.98. The van der Waals surface area contributed by atoms with Gasteiger partial charge in [0.15, 0.2) is 0 Å². The van der Waals surface area contributed by atoms with E-state index in [-0.39, 0.29) is 10.7 Å². The molecule has 0 bridgehead atoms. The molecule has 1 aromatic carbocycles. The Kier molecular flexibility index (Phi) is 4.24. The van der Waals surface area contributed by atoms with Crippen molar-refractivity contribution in [1.29, 1.82) is 0 Å². The van der Waals surface area contributed by atoms with E-state index in [1.165, 1.54) is 12.2 Å². The summed E-state index contributed by atoms with van der Waals surface area (Å²) in [5.41, 5.74) is 6.79. The van der Waals surface area contributed by atoms with Gasteiger partial charge < -0.3 is 15.8 Å². The highest BCUT2D eigenvalue weighted by Gasteiger charge is 2.30. The number of ether oxygens (including phenoxy) is 1. The summed E-state index contributed by atoms with van der Waals surface area (Å²) in [4.78, 5) is 12.2. The summed E-state index contributed by atoms with van der Waals surface area (Å²) < 4.78 is 5.27. The van der Waals surface area contributed by atoms with E-state index < -0.39 is 0 Å². The monoisotopic (exact) mass is 280 g/mol. The Morgan fingerprint density at radius 1 is 1.58 bits per heavy atom. The second kappa shape index (κ2) is 5.74. The SMILES string of the molecule is COc1ccc(N)c(C(=O)NCC2(C)CCCS2)c1. The number of nitrogens with two attached hydrogens (primary N) is 1. The largest absolute Gasteiger partial charge is 0.497 e. The molecule has 1 aliphatic rings. The zero-order valence-electron chi connectivity index (χ0n) is 11.4. The summed E-state index contributed by atoms with van der Waals surface area (Å²) in [6.45, 7) is 2.87. The van der Waals surface area contributed by atoms with Crippen LogP contribution < -0.4 is 15.8 Å². The second-order valence-corrected chi connectivity index (χ2v) is 6.72. The van der Waals surface area contributed by atoms with Crippen molar-refractivity contribution in [3.8, 4) is 5.75 Å². The van der Waals surface area contributed by atoms with Crippen LogP contribution in [-0.2, 0) is 0 Å². The lowest BCUT2D eigenvalue weighted by molar-refractivity contribution is 0.0950. The molecule has 1 atom stereocenters. The van der Waals surface area contributed by atoms with E-state index >= 15 is 0 Å². The third-order valence-electron chi connectivity index (χ3n) is 3.43. The molecule has 1 aliphatic heterocycles. The standard InChI is InChI=1S/C14H20N2O2S/c1-14(6-3-7-19-14)9-16-13(17)11-8-10(18-2)4-5-12(11)15/h4-5,8H,3,6-7,9,15H2,1-2H3,(H,16,17). The van der Waals surface area contributed by atoms with Crippen LogP contribution in [0.2, 0.25) is 0 Å². The van der Waals surface area contributed by atoms with Crippen molar-refractivity contribution < 1.29 is 9.53 Å². The van der Waals surface area contributed by atoms with E-state index in [2.05, 4.69) is 12.2 Å². The normalized spacial score (nSPS) is 22.2. The van der Waals surface area contributed by atoms with Crippen molar-refractivity contribution >= 4 is 23.4 Å². The number of carbonyl (C=O) groups is 1. The Morgan fingerprint density at radius 3 is 3.00 bits per heavy atom. The molecule has 0 spiro atoms. The summed E-state index contributed by atoms with van der Waals surface area (Å²) in [5.74, 6) is 1.68. The average Bonchev–Trinajstić information content (AvgIpc) is 2.84. The van der Waals surface area contributed by atoms with Crippen molar-refractivity contribution in [3.05, 3.63) is 23.8 Å². The van der Waals surface area contributed by atoms with Crippen LogP contribution in [0.1, 0.15) is 30.1 Å². The molecule has 0 saturated carbocycles. The highest BCUT2D eigenvalue weighted by molar-refractivity contribution is 8.00. The molecular weight excluding hydrogens is 260 g/mol. The lowest BCUT2D eigenvalue weighted by atomic mass is 10.1. The zero-order chi connectivity index (χ0) is 13.9. The number of amides is 1. The fraction of sp³-hybridized carbons (Fsp3) is 0.500. The summed E-state index contributed by atoms with van der Waals surface area (Å²) in [6, 6.07) is 5.12. The highest BCUT2D eigenvalue weighted by atomic mass is 32.2. The van der Waals surface area contributed by atoms with Gasteiger partial charge in [0, 0.05) is 17.0 Å². The minimum absolute atomic E-state index is 0.134. The van der Waals surface area contributed by atoms with Crippen LogP contribution in [0.3, 0.4) is 0 Å². The van der Waals surface area contributed by atoms with Gasteiger partial charge in [-0.05, 0) is 43.7 Å². The maximum atomic E-state index is 12.2. The maximum absolute atomic E-state index is 12.2. The number of methoxy groups -OCH3 is 1. The van der Waals surface area contributed by atoms with Crippen molar-refractivity contribution in [1.82, 2.24) is 5.32 Å². The Bertz CT molecular complexity index is 471. The summed E-state index contributed by atoms with van der Waals surface area (Å²) >= 11 is 1.92. The lowest BCUT2D eigenvalue weighted by Crippen LogP contribution is -2.37. The van der Waals surface area contributed by atoms with Crippen LogP contribution in [0.5, 0.6) is 5.75 Å². The smallest absolute Gasteiger partial charge is 0.253 e. The van der Waals surface area contributed by atoms with E-state index in [1.807, 2.05) is 11.8 Å². The van der Waals surface area contributed by atoms with Crippen LogP contribution in [0.25, 0.3) is 0 Å². The Hall–Kier alpha value is -1.36. The average molecular weight is 280 g/mol. The number of hydrogen-bond donors (Lipinski definition) is 2. The van der Waals surface area contributed by atoms with Crippen LogP contribution in [0.15, 0.2) is 18.2 Å². The molecule has 1 heterocycles. The first-order chi connectivity index (χ1) is 9.04. The molecular formula is C14H20N2O2S. The fourth-order valence-corrected chi connectivity index (χ4v) is 3.44. The number of rotatable bonds is 4. The molecule has 0 aromatic heterocycles. The maximum Gasteiger partial charge on any atom is 0.253 e. The molecule has 2 rings (SSSR count). The molecule has 19 heavy (non-hydrogen) atoms. The van der Waals surface area contributed by atoms with Gasteiger partial charge in [-0.25, -0.2) is 0 Å². The molecule has 3 N–H and O–H groups in total. The molecule has 0 aliphatic carbocycles. The van der Waals surface area contributed by atoms with E-state index in [0.717, 1.165) is 6.42 Å². The van der Waals surface area contributed by atoms with Crippen molar-refractivity contribution in [2.45, 2.75) is 24.5 Å². The Balaban J connectivity index is 2.03. The minimum Gasteiger partial charge on any atom is -0.497 e. The van der Waals surface area contributed by atoms with E-state index in [0.29, 0.717) is 23.5 Å². The Labute approximate surface area is 118 Å². The lowest BCUT2D eigenvalue weighted by Gasteiger charge is -2.23. The third-order valence-corrected chi connectivity index (χ3v) is 4.97. The molecule has 4 nitrogen and oxygen atoms in total. The summed E-state index contributed by atoms with van der Waals surface area (Å²) in [7, 11) is 1.57.